The van der Waals surface area contributed by atoms with Crippen LogP contribution >= 0.6 is 0 Å². The predicted octanol–water partition coefficient (Wildman–Crippen LogP) is 2.89. The van der Waals surface area contributed by atoms with Crippen LogP contribution in [0.5, 0.6) is 11.5 Å². The molecule has 0 bridgehead atoms. The third-order valence-corrected chi connectivity index (χ3v) is 3.55. The molecule has 1 aliphatic rings. The third kappa shape index (κ3) is 3.13. The van der Waals surface area contributed by atoms with Gasteiger partial charge in [0.15, 0.2) is 17.7 Å². The van der Waals surface area contributed by atoms with E-state index in [1.165, 1.54) is 0 Å². The maximum absolute atomic E-state index is 12.0. The highest BCUT2D eigenvalue weighted by molar-refractivity contribution is 5.95. The lowest BCUT2D eigenvalue weighted by Gasteiger charge is -2.09. The van der Waals surface area contributed by atoms with E-state index in [-0.39, 0.29) is 5.97 Å². The van der Waals surface area contributed by atoms with Gasteiger partial charge in [-0.25, -0.2) is 4.79 Å². The number of cyclic esters (lactones) is 1. The molecule has 1 atom stereocenters. The average molecular weight is 311 g/mol. The van der Waals surface area contributed by atoms with E-state index in [1.807, 2.05) is 36.4 Å². The fraction of sp³-hybridized carbons (Fsp3) is 0.167. The Hall–Kier alpha value is -2.95. The fourth-order valence-electron chi connectivity index (χ4n) is 2.39. The number of ether oxygens (including phenoxy) is 3. The van der Waals surface area contributed by atoms with Gasteiger partial charge in [-0.3, -0.25) is 0 Å². The lowest BCUT2D eigenvalue weighted by Crippen LogP contribution is -2.12. The van der Waals surface area contributed by atoms with Crippen LogP contribution in [-0.4, -0.2) is 20.2 Å². The standard InChI is InChI=1S/C18H17NO4/c1-21-15-9-8-12(11-16(15)22-2)10-14-18(20)23-17(19-14)13-6-4-3-5-7-13/h3-11,17,19H,1-2H3/b14-10+/t17-/m0/s1. The molecule has 0 aromatic heterocycles. The Morgan fingerprint density at radius 1 is 1.04 bits per heavy atom. The molecule has 2 aromatic rings. The molecule has 3 rings (SSSR count). The molecule has 0 aliphatic carbocycles. The molecule has 0 saturated carbocycles. The Morgan fingerprint density at radius 3 is 2.48 bits per heavy atom. The van der Waals surface area contributed by atoms with Crippen molar-refractivity contribution in [2.24, 2.45) is 0 Å². The zero-order valence-corrected chi connectivity index (χ0v) is 12.9. The molecular weight excluding hydrogens is 294 g/mol. The van der Waals surface area contributed by atoms with Crippen molar-refractivity contribution in [3.8, 4) is 11.5 Å². The first-order valence-electron chi connectivity index (χ1n) is 7.17. The van der Waals surface area contributed by atoms with Crippen LogP contribution in [0.2, 0.25) is 0 Å². The Bertz CT molecular complexity index is 740. The summed E-state index contributed by atoms with van der Waals surface area (Å²) >= 11 is 0. The molecule has 0 spiro atoms. The predicted molar refractivity (Wildman–Crippen MR) is 85.9 cm³/mol. The number of hydrogen-bond donors (Lipinski definition) is 1. The van der Waals surface area contributed by atoms with Crippen LogP contribution in [0.1, 0.15) is 17.4 Å². The van der Waals surface area contributed by atoms with Crippen LogP contribution < -0.4 is 14.8 Å². The van der Waals surface area contributed by atoms with E-state index < -0.39 is 6.23 Å². The van der Waals surface area contributed by atoms with Crippen molar-refractivity contribution >= 4 is 12.0 Å². The second kappa shape index (κ2) is 6.44. The number of rotatable bonds is 4. The minimum Gasteiger partial charge on any atom is -0.493 e. The van der Waals surface area contributed by atoms with E-state index in [0.717, 1.165) is 11.1 Å². The van der Waals surface area contributed by atoms with Crippen molar-refractivity contribution in [3.63, 3.8) is 0 Å². The van der Waals surface area contributed by atoms with Gasteiger partial charge in [0.25, 0.3) is 0 Å². The average Bonchev–Trinajstić information content (AvgIpc) is 2.96. The summed E-state index contributed by atoms with van der Waals surface area (Å²) in [4.78, 5) is 12.0. The van der Waals surface area contributed by atoms with Crippen LogP contribution in [0.4, 0.5) is 0 Å². The van der Waals surface area contributed by atoms with Gasteiger partial charge in [-0.2, -0.15) is 0 Å². The summed E-state index contributed by atoms with van der Waals surface area (Å²) in [6.07, 6.45) is 1.27. The second-order valence-electron chi connectivity index (χ2n) is 5.01. The van der Waals surface area contributed by atoms with Crippen LogP contribution in [-0.2, 0) is 9.53 Å². The summed E-state index contributed by atoms with van der Waals surface area (Å²) in [7, 11) is 3.15. The molecule has 0 radical (unpaired) electrons. The number of methoxy groups -OCH3 is 2. The Kier molecular flexibility index (Phi) is 4.19. The van der Waals surface area contributed by atoms with Crippen molar-refractivity contribution in [1.82, 2.24) is 5.32 Å². The Balaban J connectivity index is 1.84. The molecule has 1 fully saturated rings. The van der Waals surface area contributed by atoms with Gasteiger partial charge < -0.3 is 19.5 Å². The van der Waals surface area contributed by atoms with Gasteiger partial charge in [0.05, 0.1) is 14.2 Å². The normalized spacial score (nSPS) is 18.4. The number of carbonyl (C=O) groups is 1. The topological polar surface area (TPSA) is 56.8 Å². The van der Waals surface area contributed by atoms with Crippen LogP contribution in [0.15, 0.2) is 54.2 Å². The summed E-state index contributed by atoms with van der Waals surface area (Å²) in [5.74, 6) is 0.861. The van der Waals surface area contributed by atoms with Crippen molar-refractivity contribution in [2.45, 2.75) is 6.23 Å². The van der Waals surface area contributed by atoms with Crippen LogP contribution in [0, 0.1) is 0 Å². The van der Waals surface area contributed by atoms with Gasteiger partial charge in [0.1, 0.15) is 5.70 Å². The van der Waals surface area contributed by atoms with E-state index in [0.29, 0.717) is 17.2 Å². The zero-order valence-electron chi connectivity index (χ0n) is 12.9. The number of esters is 1. The Morgan fingerprint density at radius 2 is 1.78 bits per heavy atom. The second-order valence-corrected chi connectivity index (χ2v) is 5.01. The smallest absolute Gasteiger partial charge is 0.356 e. The maximum atomic E-state index is 12.0. The number of carbonyl (C=O) groups excluding carboxylic acids is 1. The molecule has 2 aromatic carbocycles. The SMILES string of the molecule is COc1ccc(/C=C2/N[C@H](c3ccccc3)OC2=O)cc1OC. The molecule has 1 N–H and O–H groups in total. The van der Waals surface area contributed by atoms with Crippen LogP contribution in [0.3, 0.4) is 0 Å². The minimum absolute atomic E-state index is 0.381. The van der Waals surface area contributed by atoms with Crippen molar-refractivity contribution in [2.75, 3.05) is 14.2 Å². The quantitative estimate of drug-likeness (QED) is 0.695. The largest absolute Gasteiger partial charge is 0.493 e. The maximum Gasteiger partial charge on any atom is 0.356 e. The number of hydrogen-bond acceptors (Lipinski definition) is 5. The molecule has 5 nitrogen and oxygen atoms in total. The van der Waals surface area contributed by atoms with E-state index in [1.54, 1.807) is 32.4 Å². The van der Waals surface area contributed by atoms with E-state index in [2.05, 4.69) is 5.32 Å². The van der Waals surface area contributed by atoms with Gasteiger partial charge in [0.2, 0.25) is 0 Å². The lowest BCUT2D eigenvalue weighted by molar-refractivity contribution is -0.139. The first-order valence-corrected chi connectivity index (χ1v) is 7.17. The summed E-state index contributed by atoms with van der Waals surface area (Å²) < 4.78 is 15.8. The molecule has 23 heavy (non-hydrogen) atoms. The summed E-state index contributed by atoms with van der Waals surface area (Å²) in [6.45, 7) is 0. The zero-order chi connectivity index (χ0) is 16.2. The van der Waals surface area contributed by atoms with Gasteiger partial charge in [-0.15, -0.1) is 0 Å². The molecule has 1 saturated heterocycles. The molecule has 0 amide bonds. The Labute approximate surface area is 134 Å². The molecule has 1 heterocycles. The van der Waals surface area contributed by atoms with Crippen molar-refractivity contribution < 1.29 is 19.0 Å². The highest BCUT2D eigenvalue weighted by Gasteiger charge is 2.28. The third-order valence-electron chi connectivity index (χ3n) is 3.55. The molecule has 5 heteroatoms. The van der Waals surface area contributed by atoms with E-state index in [4.69, 9.17) is 14.2 Å². The number of nitrogens with one attached hydrogen (secondary N) is 1. The summed E-state index contributed by atoms with van der Waals surface area (Å²) in [5, 5.41) is 3.09. The highest BCUT2D eigenvalue weighted by atomic mass is 16.6. The summed E-state index contributed by atoms with van der Waals surface area (Å²) in [5.41, 5.74) is 2.12. The first-order chi connectivity index (χ1) is 11.2. The lowest BCUT2D eigenvalue weighted by atomic mass is 10.1. The van der Waals surface area contributed by atoms with Gasteiger partial charge in [-0.1, -0.05) is 36.4 Å². The fourth-order valence-corrected chi connectivity index (χ4v) is 2.39. The van der Waals surface area contributed by atoms with Gasteiger partial charge >= 0.3 is 5.97 Å². The van der Waals surface area contributed by atoms with Crippen molar-refractivity contribution in [3.05, 3.63) is 65.4 Å². The van der Waals surface area contributed by atoms with E-state index in [9.17, 15) is 4.79 Å². The molecular formula is C18H17NO4. The van der Waals surface area contributed by atoms with Crippen LogP contribution in [0.25, 0.3) is 6.08 Å². The minimum atomic E-state index is -0.463. The summed E-state index contributed by atoms with van der Waals surface area (Å²) in [6, 6.07) is 15.0. The molecule has 1 aliphatic heterocycles. The van der Waals surface area contributed by atoms with Gasteiger partial charge in [0, 0.05) is 5.56 Å². The highest BCUT2D eigenvalue weighted by Crippen LogP contribution is 2.30. The monoisotopic (exact) mass is 311 g/mol. The molecule has 0 unspecified atom stereocenters. The van der Waals surface area contributed by atoms with E-state index >= 15 is 0 Å². The van der Waals surface area contributed by atoms with Crippen molar-refractivity contribution in [1.29, 1.82) is 0 Å². The first kappa shape index (κ1) is 15.0. The number of benzene rings is 2. The van der Waals surface area contributed by atoms with Gasteiger partial charge in [-0.05, 0) is 23.8 Å². The molecule has 118 valence electrons.